The first-order valence-corrected chi connectivity index (χ1v) is 10.6. The van der Waals surface area contributed by atoms with E-state index in [1.165, 1.54) is 6.20 Å². The molecule has 1 aliphatic rings. The van der Waals surface area contributed by atoms with Crippen molar-refractivity contribution >= 4 is 53.0 Å². The van der Waals surface area contributed by atoms with Crippen molar-refractivity contribution in [3.63, 3.8) is 0 Å². The Labute approximate surface area is 182 Å². The molecule has 1 aromatic heterocycles. The summed E-state index contributed by atoms with van der Waals surface area (Å²) in [6.45, 7) is 3.35. The second-order valence-corrected chi connectivity index (χ2v) is 8.74. The minimum Gasteiger partial charge on any atom is -0.324 e. The molecule has 1 N–H and O–H groups in total. The first-order valence-electron chi connectivity index (χ1n) is 9.07. The van der Waals surface area contributed by atoms with E-state index >= 15 is 0 Å². The highest BCUT2D eigenvalue weighted by Crippen LogP contribution is 2.31. The summed E-state index contributed by atoms with van der Waals surface area (Å²) in [5, 5.41) is 6.48. The predicted octanol–water partition coefficient (Wildman–Crippen LogP) is 3.42. The fourth-order valence-corrected chi connectivity index (χ4v) is 4.40. The molecule has 0 spiro atoms. The highest BCUT2D eigenvalue weighted by molar-refractivity contribution is 7.97. The van der Waals surface area contributed by atoms with E-state index in [9.17, 15) is 14.4 Å². The Bertz CT molecular complexity index is 982. The molecular formula is C19H20Cl2N4O3S. The van der Waals surface area contributed by atoms with E-state index in [4.69, 9.17) is 23.2 Å². The molecule has 1 saturated heterocycles. The van der Waals surface area contributed by atoms with Crippen LogP contribution in [0.5, 0.6) is 0 Å². The molecule has 1 amide bonds. The summed E-state index contributed by atoms with van der Waals surface area (Å²) in [6.07, 6.45) is 4.16. The lowest BCUT2D eigenvalue weighted by molar-refractivity contribution is -0.117. The van der Waals surface area contributed by atoms with E-state index < -0.39 is 11.5 Å². The predicted molar refractivity (Wildman–Crippen MR) is 115 cm³/mol. The second kappa shape index (κ2) is 9.75. The third-order valence-electron chi connectivity index (χ3n) is 4.55. The number of carbonyl (C=O) groups is 2. The molecule has 0 saturated carbocycles. The van der Waals surface area contributed by atoms with Crippen LogP contribution in [-0.2, 0) is 16.1 Å². The number of hydrogen-bond donors (Lipinski definition) is 1. The molecule has 1 unspecified atom stereocenters. The Morgan fingerprint density at radius 2 is 2.21 bits per heavy atom. The summed E-state index contributed by atoms with van der Waals surface area (Å²) in [5.74, 6) is -0.340. The molecule has 3 rings (SSSR count). The first-order chi connectivity index (χ1) is 13.9. The number of aldehydes is 1. The molecule has 1 aliphatic heterocycles. The van der Waals surface area contributed by atoms with Crippen molar-refractivity contribution in [1.82, 2.24) is 14.1 Å². The van der Waals surface area contributed by atoms with Gasteiger partial charge in [0.2, 0.25) is 5.91 Å². The van der Waals surface area contributed by atoms with Crippen LogP contribution >= 0.6 is 35.1 Å². The Kier molecular flexibility index (Phi) is 7.34. The van der Waals surface area contributed by atoms with Gasteiger partial charge in [-0.1, -0.05) is 29.3 Å². The number of aryl methyl sites for hydroxylation is 1. The summed E-state index contributed by atoms with van der Waals surface area (Å²) in [7, 11) is 0. The maximum Gasteiger partial charge on any atom is 0.287 e. The summed E-state index contributed by atoms with van der Waals surface area (Å²) >= 11 is 13.1. The maximum absolute atomic E-state index is 12.4. The van der Waals surface area contributed by atoms with Crippen LogP contribution < -0.4 is 10.9 Å². The number of anilines is 1. The molecular weight excluding hydrogens is 435 g/mol. The van der Waals surface area contributed by atoms with Crippen LogP contribution in [0.3, 0.4) is 0 Å². The summed E-state index contributed by atoms with van der Waals surface area (Å²) < 4.78 is 3.14. The van der Waals surface area contributed by atoms with E-state index in [1.54, 1.807) is 18.0 Å². The van der Waals surface area contributed by atoms with Crippen LogP contribution in [0.2, 0.25) is 10.0 Å². The normalized spacial score (nSPS) is 17.1. The van der Waals surface area contributed by atoms with Gasteiger partial charge in [-0.25, -0.2) is 8.99 Å². The van der Waals surface area contributed by atoms with Gasteiger partial charge in [0.25, 0.3) is 5.56 Å². The highest BCUT2D eigenvalue weighted by atomic mass is 35.5. The maximum atomic E-state index is 12.4. The highest BCUT2D eigenvalue weighted by Gasteiger charge is 2.21. The number of aromatic nitrogens is 2. The Balaban J connectivity index is 1.68. The van der Waals surface area contributed by atoms with E-state index in [1.807, 2.05) is 19.1 Å². The number of benzene rings is 1. The monoisotopic (exact) mass is 454 g/mol. The van der Waals surface area contributed by atoms with Crippen LogP contribution in [0.15, 0.2) is 34.1 Å². The van der Waals surface area contributed by atoms with Crippen LogP contribution in [-0.4, -0.2) is 39.4 Å². The zero-order valence-electron chi connectivity index (χ0n) is 15.7. The lowest BCUT2D eigenvalue weighted by Crippen LogP contribution is -2.31. The van der Waals surface area contributed by atoms with E-state index in [0.717, 1.165) is 47.4 Å². The van der Waals surface area contributed by atoms with Gasteiger partial charge in [0, 0.05) is 29.6 Å². The molecule has 0 aliphatic carbocycles. The largest absolute Gasteiger partial charge is 0.324 e. The number of rotatable bonds is 6. The molecule has 1 aromatic carbocycles. The smallest absolute Gasteiger partial charge is 0.287 e. The van der Waals surface area contributed by atoms with Gasteiger partial charge in [0.05, 0.1) is 11.2 Å². The van der Waals surface area contributed by atoms with Gasteiger partial charge in [-0.2, -0.15) is 5.10 Å². The number of carbonyl (C=O) groups excluding carboxylic acids is 2. The Morgan fingerprint density at radius 3 is 2.97 bits per heavy atom. The number of nitrogens with zero attached hydrogens (tertiary/aromatic N) is 3. The van der Waals surface area contributed by atoms with Crippen LogP contribution in [0.25, 0.3) is 0 Å². The molecule has 0 radical (unpaired) electrons. The molecule has 1 atom stereocenters. The van der Waals surface area contributed by atoms with Crippen molar-refractivity contribution < 1.29 is 9.59 Å². The van der Waals surface area contributed by atoms with Crippen molar-refractivity contribution in [3.8, 4) is 0 Å². The van der Waals surface area contributed by atoms with Gasteiger partial charge in [0.15, 0.2) is 0 Å². The first kappa shape index (κ1) is 21.8. The number of piperidine rings is 1. The van der Waals surface area contributed by atoms with Crippen molar-refractivity contribution in [1.29, 1.82) is 0 Å². The molecule has 10 heteroatoms. The van der Waals surface area contributed by atoms with Crippen molar-refractivity contribution in [2.45, 2.75) is 31.2 Å². The van der Waals surface area contributed by atoms with E-state index in [0.29, 0.717) is 5.69 Å². The average Bonchev–Trinajstić information content (AvgIpc) is 2.71. The average molecular weight is 455 g/mol. The Hall–Kier alpha value is -1.87. The lowest BCUT2D eigenvalue weighted by atomic mass is 10.0. The van der Waals surface area contributed by atoms with Crippen molar-refractivity contribution in [2.75, 3.05) is 18.4 Å². The third kappa shape index (κ3) is 5.60. The molecule has 7 nitrogen and oxygen atoms in total. The van der Waals surface area contributed by atoms with Gasteiger partial charge in [-0.3, -0.25) is 9.59 Å². The van der Waals surface area contributed by atoms with Gasteiger partial charge in [-0.05, 0) is 49.4 Å². The van der Waals surface area contributed by atoms with E-state index in [2.05, 4.69) is 14.7 Å². The van der Waals surface area contributed by atoms with Crippen LogP contribution in [0.4, 0.5) is 5.69 Å². The van der Waals surface area contributed by atoms with E-state index in [-0.39, 0.29) is 22.5 Å². The number of halogens is 2. The Morgan fingerprint density at radius 1 is 1.41 bits per heavy atom. The van der Waals surface area contributed by atoms with Crippen LogP contribution in [0, 0.1) is 12.8 Å². The van der Waals surface area contributed by atoms with Crippen molar-refractivity contribution in [3.05, 3.63) is 50.4 Å². The summed E-state index contributed by atoms with van der Waals surface area (Å²) in [6, 6.07) is 5.60. The summed E-state index contributed by atoms with van der Waals surface area (Å²) in [5.41, 5.74) is 1.06. The third-order valence-corrected chi connectivity index (χ3v) is 6.52. The standard InChI is InChI=1S/C19H20Cl2N4O3S/c1-12-4-5-14(7-16(12)29-24-6-2-3-13(9-24)11-26)23-17(27)10-25-19(28)18(21)15(20)8-22-25/h4-5,7-8,11,13H,2-3,6,9-10H2,1H3,(H,23,27). The van der Waals surface area contributed by atoms with Crippen molar-refractivity contribution in [2.24, 2.45) is 5.92 Å². The number of hydrogen-bond acceptors (Lipinski definition) is 6. The molecule has 29 heavy (non-hydrogen) atoms. The molecule has 1 fully saturated rings. The molecule has 154 valence electrons. The quantitative estimate of drug-likeness (QED) is 0.531. The second-order valence-electron chi connectivity index (χ2n) is 6.82. The van der Waals surface area contributed by atoms with Gasteiger partial charge in [0.1, 0.15) is 17.9 Å². The minimum absolute atomic E-state index is 0.0445. The van der Waals surface area contributed by atoms with Gasteiger partial charge in [-0.15, -0.1) is 0 Å². The molecule has 2 heterocycles. The fourth-order valence-electron chi connectivity index (χ4n) is 2.98. The summed E-state index contributed by atoms with van der Waals surface area (Å²) in [4.78, 5) is 36.5. The van der Waals surface area contributed by atoms with Gasteiger partial charge < -0.3 is 10.1 Å². The minimum atomic E-state index is -0.621. The zero-order chi connectivity index (χ0) is 21.0. The molecule has 0 bridgehead atoms. The SMILES string of the molecule is Cc1ccc(NC(=O)Cn2ncc(Cl)c(Cl)c2=O)cc1SN1CCCC(C=O)C1. The molecule has 2 aromatic rings. The number of amides is 1. The zero-order valence-corrected chi connectivity index (χ0v) is 18.1. The topological polar surface area (TPSA) is 84.3 Å². The number of nitrogens with one attached hydrogen (secondary N) is 1. The lowest BCUT2D eigenvalue weighted by Gasteiger charge is -2.29. The van der Waals surface area contributed by atoms with Gasteiger partial charge >= 0.3 is 0 Å². The fraction of sp³-hybridized carbons (Fsp3) is 0.368. The van der Waals surface area contributed by atoms with Crippen LogP contribution in [0.1, 0.15) is 18.4 Å².